The van der Waals surface area contributed by atoms with Gasteiger partial charge in [-0.15, -0.1) is 0 Å². The Morgan fingerprint density at radius 3 is 2.72 bits per heavy atom. The van der Waals surface area contributed by atoms with Gasteiger partial charge in [-0.05, 0) is 31.4 Å². The maximum absolute atomic E-state index is 6.21. The van der Waals surface area contributed by atoms with Crippen LogP contribution >= 0.6 is 11.8 Å². The maximum Gasteiger partial charge on any atom is 0.122 e. The first-order valence-electron chi connectivity index (χ1n) is 6.57. The summed E-state index contributed by atoms with van der Waals surface area (Å²) in [5.74, 6) is 1.95. The third kappa shape index (κ3) is 4.91. The fraction of sp³-hybridized carbons (Fsp3) is 0.600. The monoisotopic (exact) mass is 267 g/mol. The smallest absolute Gasteiger partial charge is 0.122 e. The van der Waals surface area contributed by atoms with Crippen LogP contribution in [0.2, 0.25) is 0 Å². The van der Waals surface area contributed by atoms with E-state index in [2.05, 4.69) is 32.9 Å². The molecule has 102 valence electrons. The second-order valence-corrected chi connectivity index (χ2v) is 6.30. The van der Waals surface area contributed by atoms with E-state index in [0.29, 0.717) is 5.25 Å². The zero-order chi connectivity index (χ0) is 13.5. The molecule has 2 unspecified atom stereocenters. The van der Waals surface area contributed by atoms with Crippen molar-refractivity contribution in [3.63, 3.8) is 0 Å². The number of hydrogen-bond donors (Lipinski definition) is 1. The molecule has 1 rings (SSSR count). The summed E-state index contributed by atoms with van der Waals surface area (Å²) in [6, 6.07) is 6.47. The van der Waals surface area contributed by atoms with E-state index >= 15 is 0 Å². The van der Waals surface area contributed by atoms with Gasteiger partial charge in [0.05, 0.1) is 7.11 Å². The molecule has 0 heterocycles. The average Bonchev–Trinajstić information content (AvgIpc) is 2.36. The molecule has 0 fully saturated rings. The molecular formula is C15H25NOS. The molecule has 0 aliphatic rings. The molecule has 2 nitrogen and oxygen atoms in total. The Balaban J connectivity index is 2.57. The molecule has 0 radical (unpaired) electrons. The van der Waals surface area contributed by atoms with Crippen molar-refractivity contribution in [3.05, 3.63) is 29.3 Å². The number of rotatable bonds is 7. The highest BCUT2D eigenvalue weighted by Gasteiger charge is 2.10. The van der Waals surface area contributed by atoms with Crippen LogP contribution in [0.4, 0.5) is 0 Å². The summed E-state index contributed by atoms with van der Waals surface area (Å²) >= 11 is 1.96. The van der Waals surface area contributed by atoms with Gasteiger partial charge in [-0.25, -0.2) is 0 Å². The largest absolute Gasteiger partial charge is 0.496 e. The second-order valence-electron chi connectivity index (χ2n) is 4.83. The number of thioether (sulfide) groups is 1. The van der Waals surface area contributed by atoms with E-state index in [1.807, 2.05) is 17.8 Å². The lowest BCUT2D eigenvalue weighted by Gasteiger charge is -2.16. The van der Waals surface area contributed by atoms with Gasteiger partial charge in [0.15, 0.2) is 0 Å². The first kappa shape index (κ1) is 15.4. The third-order valence-electron chi connectivity index (χ3n) is 3.09. The van der Waals surface area contributed by atoms with Crippen molar-refractivity contribution in [1.29, 1.82) is 0 Å². The number of aryl methyl sites for hydroxylation is 1. The molecule has 2 atom stereocenters. The Labute approximate surface area is 115 Å². The second kappa shape index (κ2) is 7.70. The highest BCUT2D eigenvalue weighted by atomic mass is 32.2. The minimum Gasteiger partial charge on any atom is -0.496 e. The van der Waals surface area contributed by atoms with Gasteiger partial charge in [0.2, 0.25) is 0 Å². The predicted octanol–water partition coefficient (Wildman–Crippen LogP) is 3.41. The molecule has 0 aromatic heterocycles. The SMILES string of the molecule is CCC(C)SCC(N)Cc1cc(C)ccc1OC. The normalized spacial score (nSPS) is 14.3. The fourth-order valence-electron chi connectivity index (χ4n) is 1.81. The molecule has 18 heavy (non-hydrogen) atoms. The summed E-state index contributed by atoms with van der Waals surface area (Å²) < 4.78 is 5.39. The van der Waals surface area contributed by atoms with E-state index in [1.165, 1.54) is 17.5 Å². The van der Waals surface area contributed by atoms with Gasteiger partial charge in [0.25, 0.3) is 0 Å². The highest BCUT2D eigenvalue weighted by Crippen LogP contribution is 2.22. The molecule has 2 N–H and O–H groups in total. The number of benzene rings is 1. The standard InChI is InChI=1S/C15H25NOS/c1-5-12(3)18-10-14(16)9-13-8-11(2)6-7-15(13)17-4/h6-8,12,14H,5,9-10,16H2,1-4H3. The van der Waals surface area contributed by atoms with Crippen molar-refractivity contribution in [1.82, 2.24) is 0 Å². The molecule has 3 heteroatoms. The quantitative estimate of drug-likeness (QED) is 0.822. The van der Waals surface area contributed by atoms with Crippen LogP contribution in [0.25, 0.3) is 0 Å². The summed E-state index contributed by atoms with van der Waals surface area (Å²) in [6.07, 6.45) is 2.08. The molecule has 0 bridgehead atoms. The van der Waals surface area contributed by atoms with Gasteiger partial charge in [-0.2, -0.15) is 11.8 Å². The van der Waals surface area contributed by atoms with Gasteiger partial charge in [0, 0.05) is 17.0 Å². The first-order valence-corrected chi connectivity index (χ1v) is 7.62. The highest BCUT2D eigenvalue weighted by molar-refractivity contribution is 7.99. The molecule has 0 saturated carbocycles. The van der Waals surface area contributed by atoms with Gasteiger partial charge in [-0.3, -0.25) is 0 Å². The zero-order valence-electron chi connectivity index (χ0n) is 11.9. The topological polar surface area (TPSA) is 35.2 Å². The predicted molar refractivity (Wildman–Crippen MR) is 81.6 cm³/mol. The van der Waals surface area contributed by atoms with E-state index < -0.39 is 0 Å². The number of ether oxygens (including phenoxy) is 1. The van der Waals surface area contributed by atoms with Crippen molar-refractivity contribution in [2.24, 2.45) is 5.73 Å². The minimum absolute atomic E-state index is 0.194. The van der Waals surface area contributed by atoms with Crippen molar-refractivity contribution in [2.75, 3.05) is 12.9 Å². The Kier molecular flexibility index (Phi) is 6.58. The van der Waals surface area contributed by atoms with Crippen LogP contribution in [0.5, 0.6) is 5.75 Å². The number of nitrogens with two attached hydrogens (primary N) is 1. The third-order valence-corrected chi connectivity index (χ3v) is 4.61. The van der Waals surface area contributed by atoms with E-state index in [-0.39, 0.29) is 6.04 Å². The van der Waals surface area contributed by atoms with E-state index in [9.17, 15) is 0 Å². The van der Waals surface area contributed by atoms with E-state index in [4.69, 9.17) is 10.5 Å². The van der Waals surface area contributed by atoms with Gasteiger partial charge in [-0.1, -0.05) is 31.5 Å². The van der Waals surface area contributed by atoms with E-state index in [0.717, 1.165) is 17.9 Å². The average molecular weight is 267 g/mol. The van der Waals surface area contributed by atoms with Crippen LogP contribution in [0.15, 0.2) is 18.2 Å². The van der Waals surface area contributed by atoms with Crippen molar-refractivity contribution in [3.8, 4) is 5.75 Å². The molecule has 0 amide bonds. The fourth-order valence-corrected chi connectivity index (χ4v) is 2.74. The molecule has 0 spiro atoms. The van der Waals surface area contributed by atoms with Gasteiger partial charge in [0.1, 0.15) is 5.75 Å². The van der Waals surface area contributed by atoms with Crippen LogP contribution < -0.4 is 10.5 Å². The molecule has 0 aliphatic carbocycles. The summed E-state index contributed by atoms with van der Waals surface area (Å²) in [7, 11) is 1.72. The molecule has 0 saturated heterocycles. The van der Waals surface area contributed by atoms with Crippen LogP contribution in [-0.4, -0.2) is 24.2 Å². The van der Waals surface area contributed by atoms with Crippen LogP contribution in [0.3, 0.4) is 0 Å². The lowest BCUT2D eigenvalue weighted by Crippen LogP contribution is -2.26. The lowest BCUT2D eigenvalue weighted by atomic mass is 10.0. The molecule has 1 aromatic carbocycles. The summed E-state index contributed by atoms with van der Waals surface area (Å²) in [6.45, 7) is 6.57. The minimum atomic E-state index is 0.194. The summed E-state index contributed by atoms with van der Waals surface area (Å²) in [5.41, 5.74) is 8.68. The Hall–Kier alpha value is -0.670. The van der Waals surface area contributed by atoms with E-state index in [1.54, 1.807) is 7.11 Å². The van der Waals surface area contributed by atoms with Gasteiger partial charge < -0.3 is 10.5 Å². The Bertz CT molecular complexity index is 368. The number of methoxy groups -OCH3 is 1. The van der Waals surface area contributed by atoms with Gasteiger partial charge >= 0.3 is 0 Å². The zero-order valence-corrected chi connectivity index (χ0v) is 12.7. The van der Waals surface area contributed by atoms with Crippen LogP contribution in [-0.2, 0) is 6.42 Å². The molecule has 0 aliphatic heterocycles. The maximum atomic E-state index is 6.21. The summed E-state index contributed by atoms with van der Waals surface area (Å²) in [5, 5.41) is 0.690. The number of hydrogen-bond acceptors (Lipinski definition) is 3. The lowest BCUT2D eigenvalue weighted by molar-refractivity contribution is 0.408. The molecular weight excluding hydrogens is 242 g/mol. The van der Waals surface area contributed by atoms with Crippen molar-refractivity contribution in [2.45, 2.75) is 44.9 Å². The van der Waals surface area contributed by atoms with Crippen molar-refractivity contribution < 1.29 is 4.74 Å². The van der Waals surface area contributed by atoms with Crippen LogP contribution in [0.1, 0.15) is 31.4 Å². The Morgan fingerprint density at radius 2 is 2.11 bits per heavy atom. The van der Waals surface area contributed by atoms with Crippen LogP contribution in [0, 0.1) is 6.92 Å². The molecule has 1 aromatic rings. The Morgan fingerprint density at radius 1 is 1.39 bits per heavy atom. The summed E-state index contributed by atoms with van der Waals surface area (Å²) in [4.78, 5) is 0. The first-order chi connectivity index (χ1) is 8.56. The van der Waals surface area contributed by atoms with Crippen molar-refractivity contribution >= 4 is 11.8 Å².